The molecule has 0 bridgehead atoms. The van der Waals surface area contributed by atoms with Crippen molar-refractivity contribution in [1.82, 2.24) is 9.78 Å². The van der Waals surface area contributed by atoms with Gasteiger partial charge in [-0.3, -0.25) is 4.68 Å². The van der Waals surface area contributed by atoms with Gasteiger partial charge in [0.15, 0.2) is 0 Å². The number of anilines is 1. The highest BCUT2D eigenvalue weighted by Crippen LogP contribution is 2.37. The van der Waals surface area contributed by atoms with Crippen LogP contribution >= 0.6 is 0 Å². The number of nitrogen functional groups attached to an aromatic ring is 1. The quantitative estimate of drug-likeness (QED) is 0.836. The first kappa shape index (κ1) is 11.1. The molecule has 3 rings (SSSR count). The van der Waals surface area contributed by atoms with E-state index in [0.29, 0.717) is 11.9 Å². The second-order valence-corrected chi connectivity index (χ2v) is 4.82. The number of aryl methyl sites for hydroxylation is 1. The number of rotatable bonds is 1. The number of nitrogens with two attached hydrogens (primary N) is 1. The molecule has 0 amide bonds. The average molecular weight is 243 g/mol. The Morgan fingerprint density at radius 1 is 1.39 bits per heavy atom. The molecule has 1 aromatic heterocycles. The molecule has 1 aliphatic rings. The normalized spacial score (nSPS) is 18.2. The number of nitrogens with zero attached hydrogens (tertiary/aromatic N) is 2. The molecule has 0 radical (unpaired) electrons. The van der Waals surface area contributed by atoms with Gasteiger partial charge in [0.1, 0.15) is 11.6 Å². The van der Waals surface area contributed by atoms with E-state index in [9.17, 15) is 0 Å². The van der Waals surface area contributed by atoms with E-state index in [0.717, 1.165) is 29.7 Å². The Morgan fingerprint density at radius 2 is 2.22 bits per heavy atom. The van der Waals surface area contributed by atoms with E-state index < -0.39 is 0 Å². The van der Waals surface area contributed by atoms with Crippen LogP contribution in [0.25, 0.3) is 11.1 Å². The molecule has 0 spiro atoms. The molecule has 0 aliphatic carbocycles. The maximum Gasteiger partial charge on any atom is 0.129 e. The van der Waals surface area contributed by atoms with E-state index in [2.05, 4.69) is 18.1 Å². The Bertz CT molecular complexity index is 589. The van der Waals surface area contributed by atoms with Crippen LogP contribution in [-0.2, 0) is 13.5 Å². The highest BCUT2D eigenvalue weighted by molar-refractivity contribution is 5.78. The van der Waals surface area contributed by atoms with Crippen molar-refractivity contribution in [3.8, 4) is 16.9 Å². The zero-order valence-electron chi connectivity index (χ0n) is 10.7. The molecule has 4 nitrogen and oxygen atoms in total. The summed E-state index contributed by atoms with van der Waals surface area (Å²) in [5.74, 6) is 1.68. The summed E-state index contributed by atoms with van der Waals surface area (Å²) >= 11 is 0. The standard InChI is InChI=1S/C14H17N3O/c1-9-6-7-11-10(4-3-5-13(11)18-9)12-8-16-17(2)14(12)15/h3-5,8-9H,6-7,15H2,1-2H3. The van der Waals surface area contributed by atoms with Gasteiger partial charge in [0.05, 0.1) is 12.3 Å². The third-order valence-corrected chi connectivity index (χ3v) is 3.54. The molecule has 0 saturated carbocycles. The summed E-state index contributed by atoms with van der Waals surface area (Å²) in [6, 6.07) is 6.13. The van der Waals surface area contributed by atoms with Crippen molar-refractivity contribution in [1.29, 1.82) is 0 Å². The van der Waals surface area contributed by atoms with Crippen molar-refractivity contribution in [3.63, 3.8) is 0 Å². The van der Waals surface area contributed by atoms with Gasteiger partial charge in [0.25, 0.3) is 0 Å². The van der Waals surface area contributed by atoms with E-state index >= 15 is 0 Å². The Morgan fingerprint density at radius 3 is 2.94 bits per heavy atom. The minimum absolute atomic E-state index is 0.291. The minimum atomic E-state index is 0.291. The number of ether oxygens (including phenoxy) is 1. The Kier molecular flexibility index (Phi) is 2.51. The van der Waals surface area contributed by atoms with Gasteiger partial charge in [0, 0.05) is 18.2 Å². The van der Waals surface area contributed by atoms with Crippen molar-refractivity contribution in [2.24, 2.45) is 7.05 Å². The van der Waals surface area contributed by atoms with Gasteiger partial charge < -0.3 is 10.5 Å². The third kappa shape index (κ3) is 1.65. The molecule has 0 fully saturated rings. The zero-order valence-corrected chi connectivity index (χ0v) is 10.7. The highest BCUT2D eigenvalue weighted by Gasteiger charge is 2.21. The molecular formula is C14H17N3O. The molecule has 2 heterocycles. The Labute approximate surface area is 106 Å². The third-order valence-electron chi connectivity index (χ3n) is 3.54. The summed E-state index contributed by atoms with van der Waals surface area (Å²) < 4.78 is 7.57. The van der Waals surface area contributed by atoms with E-state index in [4.69, 9.17) is 10.5 Å². The zero-order chi connectivity index (χ0) is 12.7. The largest absolute Gasteiger partial charge is 0.490 e. The minimum Gasteiger partial charge on any atom is -0.490 e. The van der Waals surface area contributed by atoms with Crippen LogP contribution in [0.4, 0.5) is 5.82 Å². The first-order chi connectivity index (χ1) is 8.66. The van der Waals surface area contributed by atoms with Crippen LogP contribution in [0.2, 0.25) is 0 Å². The van der Waals surface area contributed by atoms with Crippen LogP contribution < -0.4 is 10.5 Å². The van der Waals surface area contributed by atoms with Crippen LogP contribution in [0.3, 0.4) is 0 Å². The van der Waals surface area contributed by atoms with Gasteiger partial charge in [0.2, 0.25) is 0 Å². The van der Waals surface area contributed by atoms with Crippen molar-refractivity contribution < 1.29 is 4.74 Å². The van der Waals surface area contributed by atoms with Gasteiger partial charge in [-0.15, -0.1) is 0 Å². The van der Waals surface area contributed by atoms with Crippen LogP contribution in [0, 0.1) is 0 Å². The summed E-state index contributed by atoms with van der Waals surface area (Å²) in [6.45, 7) is 2.11. The number of fused-ring (bicyclic) bond motifs is 1. The molecule has 4 heteroatoms. The summed E-state index contributed by atoms with van der Waals surface area (Å²) in [5, 5.41) is 4.21. The lowest BCUT2D eigenvalue weighted by Crippen LogP contribution is -2.19. The fourth-order valence-corrected chi connectivity index (χ4v) is 2.46. The van der Waals surface area contributed by atoms with E-state index in [-0.39, 0.29) is 0 Å². The van der Waals surface area contributed by atoms with Crippen LogP contribution in [0.15, 0.2) is 24.4 Å². The second kappa shape index (κ2) is 4.05. The maximum absolute atomic E-state index is 6.05. The molecule has 2 N–H and O–H groups in total. The predicted molar refractivity (Wildman–Crippen MR) is 71.5 cm³/mol. The molecule has 0 saturated heterocycles. The molecule has 1 unspecified atom stereocenters. The van der Waals surface area contributed by atoms with E-state index in [1.165, 1.54) is 5.56 Å². The fraction of sp³-hybridized carbons (Fsp3) is 0.357. The number of benzene rings is 1. The van der Waals surface area contributed by atoms with Crippen molar-refractivity contribution in [3.05, 3.63) is 30.0 Å². The van der Waals surface area contributed by atoms with Crippen molar-refractivity contribution >= 4 is 5.82 Å². The monoisotopic (exact) mass is 243 g/mol. The summed E-state index contributed by atoms with van der Waals surface area (Å²) in [4.78, 5) is 0. The Balaban J connectivity index is 2.14. The van der Waals surface area contributed by atoms with E-state index in [1.807, 2.05) is 25.4 Å². The molecule has 2 aromatic rings. The predicted octanol–water partition coefficient (Wildman–Crippen LogP) is 2.38. The van der Waals surface area contributed by atoms with Gasteiger partial charge in [-0.2, -0.15) is 5.10 Å². The fourth-order valence-electron chi connectivity index (χ4n) is 2.46. The smallest absolute Gasteiger partial charge is 0.129 e. The van der Waals surface area contributed by atoms with Crippen molar-refractivity contribution in [2.45, 2.75) is 25.9 Å². The summed E-state index contributed by atoms with van der Waals surface area (Å²) in [6.07, 6.45) is 4.19. The second-order valence-electron chi connectivity index (χ2n) is 4.82. The molecule has 18 heavy (non-hydrogen) atoms. The van der Waals surface area contributed by atoms with Crippen LogP contribution in [0.1, 0.15) is 18.9 Å². The lowest BCUT2D eigenvalue weighted by Gasteiger charge is -2.25. The van der Waals surface area contributed by atoms with Gasteiger partial charge in [-0.25, -0.2) is 0 Å². The van der Waals surface area contributed by atoms with Crippen molar-refractivity contribution in [2.75, 3.05) is 5.73 Å². The van der Waals surface area contributed by atoms with Crippen LogP contribution in [-0.4, -0.2) is 15.9 Å². The van der Waals surface area contributed by atoms with Crippen LogP contribution in [0.5, 0.6) is 5.75 Å². The molecule has 94 valence electrons. The summed E-state index contributed by atoms with van der Waals surface area (Å²) in [7, 11) is 1.85. The van der Waals surface area contributed by atoms with Gasteiger partial charge >= 0.3 is 0 Å². The van der Waals surface area contributed by atoms with E-state index in [1.54, 1.807) is 4.68 Å². The Hall–Kier alpha value is -1.97. The first-order valence-electron chi connectivity index (χ1n) is 6.23. The number of hydrogen-bond donors (Lipinski definition) is 1. The topological polar surface area (TPSA) is 53.1 Å². The number of hydrogen-bond acceptors (Lipinski definition) is 3. The highest BCUT2D eigenvalue weighted by atomic mass is 16.5. The molecule has 1 atom stereocenters. The summed E-state index contributed by atoms with van der Waals surface area (Å²) in [5.41, 5.74) is 9.44. The molecular weight excluding hydrogens is 226 g/mol. The lowest BCUT2D eigenvalue weighted by molar-refractivity contribution is 0.193. The van der Waals surface area contributed by atoms with Gasteiger partial charge in [-0.05, 0) is 31.4 Å². The molecule has 1 aliphatic heterocycles. The SMILES string of the molecule is CC1CCc2c(cccc2-c2cnn(C)c2N)O1. The first-order valence-corrected chi connectivity index (χ1v) is 6.23. The van der Waals surface area contributed by atoms with Gasteiger partial charge in [-0.1, -0.05) is 12.1 Å². The molecule has 1 aromatic carbocycles. The lowest BCUT2D eigenvalue weighted by atomic mass is 9.94. The number of aromatic nitrogens is 2. The maximum atomic E-state index is 6.05. The average Bonchev–Trinajstić information content (AvgIpc) is 2.69.